The lowest BCUT2D eigenvalue weighted by Gasteiger charge is -2.07. The zero-order chi connectivity index (χ0) is 14.9. The summed E-state index contributed by atoms with van der Waals surface area (Å²) in [5, 5.41) is 10.4. The highest BCUT2D eigenvalue weighted by Crippen LogP contribution is 2.23. The minimum atomic E-state index is -0.407. The molecule has 0 aliphatic rings. The van der Waals surface area contributed by atoms with E-state index >= 15 is 0 Å². The highest BCUT2D eigenvalue weighted by Gasteiger charge is 2.19. The first-order valence-electron chi connectivity index (χ1n) is 5.75. The van der Waals surface area contributed by atoms with Crippen molar-refractivity contribution in [2.45, 2.75) is 6.92 Å². The smallest absolute Gasteiger partial charge is 0.279 e. The van der Waals surface area contributed by atoms with Crippen LogP contribution in [0.25, 0.3) is 0 Å². The fourth-order valence-corrected chi connectivity index (χ4v) is 2.45. The number of aromatic nitrogens is 4. The van der Waals surface area contributed by atoms with Gasteiger partial charge in [-0.3, -0.25) is 19.6 Å². The number of hydrogen-bond acceptors (Lipinski definition) is 6. The van der Waals surface area contributed by atoms with Crippen molar-refractivity contribution in [2.75, 3.05) is 19.4 Å². The van der Waals surface area contributed by atoms with Crippen molar-refractivity contribution in [1.82, 2.24) is 24.9 Å². The van der Waals surface area contributed by atoms with E-state index in [1.807, 2.05) is 0 Å². The van der Waals surface area contributed by atoms with Gasteiger partial charge >= 0.3 is 0 Å². The number of amides is 2. The van der Waals surface area contributed by atoms with Gasteiger partial charge in [0, 0.05) is 21.1 Å². The van der Waals surface area contributed by atoms with Crippen LogP contribution in [0.2, 0.25) is 0 Å². The molecule has 0 radical (unpaired) electrons. The predicted molar refractivity (Wildman–Crippen MR) is 73.8 cm³/mol. The third-order valence-corrected chi connectivity index (χ3v) is 3.51. The van der Waals surface area contributed by atoms with Crippen molar-refractivity contribution >= 4 is 28.3 Å². The molecule has 2 amide bonds. The molecule has 2 aromatic rings. The van der Waals surface area contributed by atoms with Crippen molar-refractivity contribution in [2.24, 2.45) is 7.05 Å². The molecule has 8 nitrogen and oxygen atoms in total. The molecule has 1 N–H and O–H groups in total. The Labute approximate surface area is 119 Å². The van der Waals surface area contributed by atoms with E-state index < -0.39 is 5.91 Å². The van der Waals surface area contributed by atoms with Gasteiger partial charge in [0.15, 0.2) is 10.8 Å². The molecule has 0 atom stereocenters. The summed E-state index contributed by atoms with van der Waals surface area (Å²) in [4.78, 5) is 29.9. The summed E-state index contributed by atoms with van der Waals surface area (Å²) in [5.41, 5.74) is 0.781. The maximum atomic E-state index is 11.9. The van der Waals surface area contributed by atoms with Crippen LogP contribution in [0.4, 0.5) is 5.13 Å². The van der Waals surface area contributed by atoms with E-state index in [4.69, 9.17) is 0 Å². The van der Waals surface area contributed by atoms with E-state index in [2.05, 4.69) is 20.6 Å². The zero-order valence-electron chi connectivity index (χ0n) is 11.5. The summed E-state index contributed by atoms with van der Waals surface area (Å²) in [5.74, 6) is -0.546. The number of aryl methyl sites for hydroxylation is 2. The third kappa shape index (κ3) is 2.82. The molecule has 0 fully saturated rings. The fourth-order valence-electron chi connectivity index (χ4n) is 1.46. The number of nitrogens with one attached hydrogen (secondary N) is 1. The van der Waals surface area contributed by atoms with Crippen molar-refractivity contribution < 1.29 is 9.59 Å². The number of thiazole rings is 1. The van der Waals surface area contributed by atoms with Gasteiger partial charge in [-0.05, 0) is 6.92 Å². The predicted octanol–water partition coefficient (Wildman–Crippen LogP) is 0.534. The normalized spacial score (nSPS) is 10.4. The van der Waals surface area contributed by atoms with Crippen LogP contribution in [0.1, 0.15) is 25.9 Å². The Morgan fingerprint density at radius 1 is 1.40 bits per heavy atom. The molecule has 0 aromatic carbocycles. The average molecular weight is 294 g/mol. The van der Waals surface area contributed by atoms with Crippen LogP contribution < -0.4 is 5.32 Å². The van der Waals surface area contributed by atoms with E-state index in [1.165, 1.54) is 15.8 Å². The number of hydrogen-bond donors (Lipinski definition) is 1. The highest BCUT2D eigenvalue weighted by molar-refractivity contribution is 7.17. The second-order valence-electron chi connectivity index (χ2n) is 4.36. The minimum Gasteiger partial charge on any atom is -0.344 e. The van der Waals surface area contributed by atoms with Gasteiger partial charge in [-0.2, -0.15) is 0 Å². The number of nitrogens with zero attached hydrogens (tertiary/aromatic N) is 5. The summed E-state index contributed by atoms with van der Waals surface area (Å²) < 4.78 is 1.43. The van der Waals surface area contributed by atoms with Gasteiger partial charge in [-0.15, -0.1) is 5.10 Å². The molecule has 0 spiro atoms. The molecule has 0 unspecified atom stereocenters. The van der Waals surface area contributed by atoms with Crippen LogP contribution in [0.3, 0.4) is 0 Å². The quantitative estimate of drug-likeness (QED) is 0.891. The Balaban J connectivity index is 2.17. The summed E-state index contributed by atoms with van der Waals surface area (Å²) >= 11 is 1.14. The molecule has 0 saturated carbocycles. The standard InChI is InChI=1S/C11H14N6O2S/c1-6-8(10(19)16(2)3)20-11(12-6)13-9(18)7-5-17(4)15-14-7/h5H,1-4H3,(H,12,13,18). The van der Waals surface area contributed by atoms with Crippen LogP contribution >= 0.6 is 11.3 Å². The van der Waals surface area contributed by atoms with Crippen LogP contribution in [-0.2, 0) is 7.05 Å². The average Bonchev–Trinajstić information content (AvgIpc) is 2.94. The van der Waals surface area contributed by atoms with Crippen molar-refractivity contribution in [3.63, 3.8) is 0 Å². The summed E-state index contributed by atoms with van der Waals surface area (Å²) in [6, 6.07) is 0. The van der Waals surface area contributed by atoms with Crippen LogP contribution in [0.15, 0.2) is 6.20 Å². The number of carbonyl (C=O) groups is 2. The van der Waals surface area contributed by atoms with Gasteiger partial charge in [-0.1, -0.05) is 16.6 Å². The number of rotatable bonds is 3. The fraction of sp³-hybridized carbons (Fsp3) is 0.364. The van der Waals surface area contributed by atoms with Gasteiger partial charge in [0.1, 0.15) is 4.88 Å². The molecule has 0 aliphatic carbocycles. The van der Waals surface area contributed by atoms with Crippen molar-refractivity contribution in [3.8, 4) is 0 Å². The molecule has 0 aliphatic heterocycles. The Kier molecular flexibility index (Phi) is 3.79. The van der Waals surface area contributed by atoms with E-state index in [0.717, 1.165) is 11.3 Å². The SMILES string of the molecule is Cc1nc(NC(=O)c2cn(C)nn2)sc1C(=O)N(C)C. The summed E-state index contributed by atoms with van der Waals surface area (Å²) in [7, 11) is 5.00. The van der Waals surface area contributed by atoms with Gasteiger partial charge in [0.2, 0.25) is 0 Å². The Morgan fingerprint density at radius 2 is 2.10 bits per heavy atom. The monoisotopic (exact) mass is 294 g/mol. The minimum absolute atomic E-state index is 0.139. The largest absolute Gasteiger partial charge is 0.344 e. The molecule has 0 bridgehead atoms. The topological polar surface area (TPSA) is 93.0 Å². The second kappa shape index (κ2) is 5.37. The first-order valence-corrected chi connectivity index (χ1v) is 6.57. The van der Waals surface area contributed by atoms with E-state index in [0.29, 0.717) is 15.7 Å². The molecule has 20 heavy (non-hydrogen) atoms. The zero-order valence-corrected chi connectivity index (χ0v) is 12.4. The van der Waals surface area contributed by atoms with Crippen LogP contribution in [0.5, 0.6) is 0 Å². The first-order chi connectivity index (χ1) is 9.38. The lowest BCUT2D eigenvalue weighted by atomic mass is 10.3. The molecule has 9 heteroatoms. The van der Waals surface area contributed by atoms with Gasteiger partial charge in [0.05, 0.1) is 11.9 Å². The van der Waals surface area contributed by atoms with E-state index in [-0.39, 0.29) is 11.6 Å². The molecule has 2 heterocycles. The number of anilines is 1. The summed E-state index contributed by atoms with van der Waals surface area (Å²) in [6.45, 7) is 1.73. The maximum Gasteiger partial charge on any atom is 0.279 e. The van der Waals surface area contributed by atoms with Gasteiger partial charge in [0.25, 0.3) is 11.8 Å². The van der Waals surface area contributed by atoms with Crippen LogP contribution in [0, 0.1) is 6.92 Å². The third-order valence-electron chi connectivity index (χ3n) is 2.45. The van der Waals surface area contributed by atoms with E-state index in [1.54, 1.807) is 28.1 Å². The second-order valence-corrected chi connectivity index (χ2v) is 5.36. The van der Waals surface area contributed by atoms with Crippen LogP contribution in [-0.4, -0.2) is 50.8 Å². The first kappa shape index (κ1) is 14.1. The van der Waals surface area contributed by atoms with Gasteiger partial charge < -0.3 is 4.90 Å². The van der Waals surface area contributed by atoms with E-state index in [9.17, 15) is 9.59 Å². The molecular weight excluding hydrogens is 280 g/mol. The summed E-state index contributed by atoms with van der Waals surface area (Å²) in [6.07, 6.45) is 1.50. The molecule has 106 valence electrons. The van der Waals surface area contributed by atoms with Crippen molar-refractivity contribution in [3.05, 3.63) is 22.5 Å². The Hall–Kier alpha value is -2.29. The Morgan fingerprint density at radius 3 is 2.65 bits per heavy atom. The lowest BCUT2D eigenvalue weighted by molar-refractivity contribution is 0.0831. The van der Waals surface area contributed by atoms with Gasteiger partial charge in [-0.25, -0.2) is 4.98 Å². The molecule has 0 saturated heterocycles. The van der Waals surface area contributed by atoms with Crippen molar-refractivity contribution in [1.29, 1.82) is 0 Å². The molecule has 2 aromatic heterocycles. The Bertz CT molecular complexity index is 660. The number of carbonyl (C=O) groups excluding carboxylic acids is 2. The highest BCUT2D eigenvalue weighted by atomic mass is 32.1. The molecule has 2 rings (SSSR count). The molecular formula is C11H14N6O2S. The maximum absolute atomic E-state index is 11.9. The lowest BCUT2D eigenvalue weighted by Crippen LogP contribution is -2.21.